The van der Waals surface area contributed by atoms with Crippen LogP contribution in [0.5, 0.6) is 0 Å². The zero-order valence-corrected chi connectivity index (χ0v) is 10.3. The van der Waals surface area contributed by atoms with Gasteiger partial charge in [-0.05, 0) is 13.3 Å². The number of rotatable bonds is 1. The number of furan rings is 1. The maximum atomic E-state index is 12.4. The van der Waals surface area contributed by atoms with E-state index >= 15 is 0 Å². The molecule has 1 aliphatic rings. The fraction of sp³-hybridized carbons (Fsp3) is 0.417. The molecule has 7 heteroatoms. The first-order valence-electron chi connectivity index (χ1n) is 6.02. The Morgan fingerprint density at radius 1 is 1.63 bits per heavy atom. The molecule has 0 radical (unpaired) electrons. The summed E-state index contributed by atoms with van der Waals surface area (Å²) in [5.74, 6) is 0.0666. The summed E-state index contributed by atoms with van der Waals surface area (Å²) in [6.07, 6.45) is 1.29. The van der Waals surface area contributed by atoms with Crippen molar-refractivity contribution in [3.8, 4) is 0 Å². The Balaban J connectivity index is 2.12. The Kier molecular flexibility index (Phi) is 2.63. The minimum Gasteiger partial charge on any atom is -0.442 e. The highest BCUT2D eigenvalue weighted by molar-refractivity contribution is 6.06. The summed E-state index contributed by atoms with van der Waals surface area (Å²) in [5, 5.41) is 9.66. The van der Waals surface area contributed by atoms with E-state index in [9.17, 15) is 14.7 Å². The molecule has 0 saturated carbocycles. The average molecular weight is 263 g/mol. The largest absolute Gasteiger partial charge is 0.442 e. The monoisotopic (exact) mass is 263 g/mol. The SMILES string of the molecule is Cc1oc2nc[nH]c(=O)c2c1C(=O)N1CC[C@H](O)C1. The lowest BCUT2D eigenvalue weighted by Gasteiger charge is -2.14. The summed E-state index contributed by atoms with van der Waals surface area (Å²) in [5.41, 5.74) is -0.00672. The van der Waals surface area contributed by atoms with Gasteiger partial charge in [0.05, 0.1) is 18.0 Å². The number of aliphatic hydroxyl groups is 1. The molecule has 19 heavy (non-hydrogen) atoms. The molecule has 3 heterocycles. The molecule has 2 aromatic heterocycles. The molecule has 0 unspecified atom stereocenters. The van der Waals surface area contributed by atoms with Crippen molar-refractivity contribution in [3.63, 3.8) is 0 Å². The minimum absolute atomic E-state index is 0.157. The number of nitrogens with one attached hydrogen (secondary N) is 1. The highest BCUT2D eigenvalue weighted by Crippen LogP contribution is 2.23. The Morgan fingerprint density at radius 2 is 2.42 bits per heavy atom. The van der Waals surface area contributed by atoms with E-state index < -0.39 is 11.7 Å². The number of nitrogens with zero attached hydrogens (tertiary/aromatic N) is 2. The van der Waals surface area contributed by atoms with E-state index in [1.54, 1.807) is 6.92 Å². The molecule has 0 spiro atoms. The first kappa shape index (κ1) is 11.9. The third-order valence-corrected chi connectivity index (χ3v) is 3.33. The van der Waals surface area contributed by atoms with Crippen LogP contribution in [0.4, 0.5) is 0 Å². The van der Waals surface area contributed by atoms with E-state index in [1.807, 2.05) is 0 Å². The molecule has 7 nitrogen and oxygen atoms in total. The molecule has 0 aliphatic carbocycles. The van der Waals surface area contributed by atoms with E-state index in [0.717, 1.165) is 0 Å². The summed E-state index contributed by atoms with van der Waals surface area (Å²) < 4.78 is 5.35. The van der Waals surface area contributed by atoms with Gasteiger partial charge < -0.3 is 19.4 Å². The number of hydrogen-bond donors (Lipinski definition) is 2. The number of amides is 1. The Labute approximate surface area is 107 Å². The van der Waals surface area contributed by atoms with Gasteiger partial charge in [-0.1, -0.05) is 0 Å². The fourth-order valence-corrected chi connectivity index (χ4v) is 2.40. The lowest BCUT2D eigenvalue weighted by molar-refractivity contribution is 0.0765. The lowest BCUT2D eigenvalue weighted by Crippen LogP contribution is -2.30. The third kappa shape index (κ3) is 1.82. The second-order valence-corrected chi connectivity index (χ2v) is 4.64. The van der Waals surface area contributed by atoms with Crippen LogP contribution < -0.4 is 5.56 Å². The van der Waals surface area contributed by atoms with Crippen molar-refractivity contribution in [2.45, 2.75) is 19.4 Å². The van der Waals surface area contributed by atoms with Crippen LogP contribution in [-0.2, 0) is 0 Å². The number of aromatic nitrogens is 2. The van der Waals surface area contributed by atoms with Gasteiger partial charge in [-0.25, -0.2) is 4.98 Å². The number of hydrogen-bond acceptors (Lipinski definition) is 5. The summed E-state index contributed by atoms with van der Waals surface area (Å²) in [6, 6.07) is 0. The van der Waals surface area contributed by atoms with Crippen LogP contribution in [0.15, 0.2) is 15.5 Å². The molecule has 1 fully saturated rings. The van der Waals surface area contributed by atoms with Crippen molar-refractivity contribution in [3.05, 3.63) is 28.0 Å². The van der Waals surface area contributed by atoms with Crippen molar-refractivity contribution in [2.24, 2.45) is 0 Å². The number of carbonyl (C=O) groups excluding carboxylic acids is 1. The van der Waals surface area contributed by atoms with Crippen LogP contribution in [0.1, 0.15) is 22.5 Å². The Hall–Kier alpha value is -2.15. The van der Waals surface area contributed by atoms with Crippen molar-refractivity contribution >= 4 is 17.0 Å². The lowest BCUT2D eigenvalue weighted by atomic mass is 10.1. The highest BCUT2D eigenvalue weighted by Gasteiger charge is 2.30. The topological polar surface area (TPSA) is 99.4 Å². The molecule has 1 aliphatic heterocycles. The number of fused-ring (bicyclic) bond motifs is 1. The second-order valence-electron chi connectivity index (χ2n) is 4.64. The second kappa shape index (κ2) is 4.20. The molecule has 1 atom stereocenters. The third-order valence-electron chi connectivity index (χ3n) is 3.33. The molecule has 1 saturated heterocycles. The van der Waals surface area contributed by atoms with E-state index in [4.69, 9.17) is 4.42 Å². The highest BCUT2D eigenvalue weighted by atomic mass is 16.3. The van der Waals surface area contributed by atoms with Gasteiger partial charge in [-0.15, -0.1) is 0 Å². The number of H-pyrrole nitrogens is 1. The Bertz CT molecular complexity index is 703. The summed E-state index contributed by atoms with van der Waals surface area (Å²) in [7, 11) is 0. The molecule has 0 bridgehead atoms. The molecule has 2 aromatic rings. The predicted octanol–water partition coefficient (Wildman–Crippen LogP) is 0.0313. The molecule has 0 aromatic carbocycles. The van der Waals surface area contributed by atoms with Gasteiger partial charge in [0, 0.05) is 13.1 Å². The van der Waals surface area contributed by atoms with E-state index in [2.05, 4.69) is 9.97 Å². The molecular weight excluding hydrogens is 250 g/mol. The van der Waals surface area contributed by atoms with Gasteiger partial charge in [-0.3, -0.25) is 9.59 Å². The number of β-amino-alcohol motifs (C(OH)–C–C–N with tert-alkyl or cyclic N) is 1. The minimum atomic E-state index is -0.501. The van der Waals surface area contributed by atoms with Gasteiger partial charge >= 0.3 is 0 Å². The summed E-state index contributed by atoms with van der Waals surface area (Å²) in [4.78, 5) is 32.1. The van der Waals surface area contributed by atoms with E-state index in [-0.39, 0.29) is 29.1 Å². The summed E-state index contributed by atoms with van der Waals surface area (Å²) >= 11 is 0. The van der Waals surface area contributed by atoms with E-state index in [0.29, 0.717) is 18.7 Å². The number of aromatic amines is 1. The van der Waals surface area contributed by atoms with Crippen molar-refractivity contribution < 1.29 is 14.3 Å². The van der Waals surface area contributed by atoms with Crippen molar-refractivity contribution in [1.29, 1.82) is 0 Å². The quantitative estimate of drug-likeness (QED) is 0.756. The van der Waals surface area contributed by atoms with Crippen LogP contribution in [-0.4, -0.2) is 45.1 Å². The molecule has 2 N–H and O–H groups in total. The fourth-order valence-electron chi connectivity index (χ4n) is 2.40. The average Bonchev–Trinajstić information content (AvgIpc) is 2.92. The first-order chi connectivity index (χ1) is 9.08. The smallest absolute Gasteiger partial charge is 0.262 e. The number of aryl methyl sites for hydroxylation is 1. The van der Waals surface area contributed by atoms with Crippen LogP contribution in [0.25, 0.3) is 11.1 Å². The molecule has 3 rings (SSSR count). The maximum Gasteiger partial charge on any atom is 0.262 e. The van der Waals surface area contributed by atoms with Gasteiger partial charge in [0.15, 0.2) is 0 Å². The zero-order chi connectivity index (χ0) is 13.6. The first-order valence-corrected chi connectivity index (χ1v) is 6.02. The van der Waals surface area contributed by atoms with Gasteiger partial charge in [-0.2, -0.15) is 0 Å². The van der Waals surface area contributed by atoms with Crippen LogP contribution >= 0.6 is 0 Å². The van der Waals surface area contributed by atoms with E-state index in [1.165, 1.54) is 11.2 Å². The van der Waals surface area contributed by atoms with Crippen LogP contribution in [0.3, 0.4) is 0 Å². The van der Waals surface area contributed by atoms with Gasteiger partial charge in [0.2, 0.25) is 5.71 Å². The number of aliphatic hydroxyl groups excluding tert-OH is 1. The van der Waals surface area contributed by atoms with Crippen molar-refractivity contribution in [2.75, 3.05) is 13.1 Å². The van der Waals surface area contributed by atoms with Crippen molar-refractivity contribution in [1.82, 2.24) is 14.9 Å². The maximum absolute atomic E-state index is 12.4. The predicted molar refractivity (Wildman–Crippen MR) is 65.9 cm³/mol. The standard InChI is InChI=1S/C12H13N3O4/c1-6-8(12(18)15-3-2-7(16)4-15)9-10(17)13-5-14-11(9)19-6/h5,7,16H,2-4H2,1H3,(H,13,14,17)/t7-/m0/s1. The molecule has 100 valence electrons. The van der Waals surface area contributed by atoms with Gasteiger partial charge in [0.1, 0.15) is 11.1 Å². The zero-order valence-electron chi connectivity index (χ0n) is 10.3. The number of carbonyl (C=O) groups is 1. The Morgan fingerprint density at radius 3 is 3.11 bits per heavy atom. The number of likely N-dealkylation sites (tertiary alicyclic amines) is 1. The van der Waals surface area contributed by atoms with Crippen LogP contribution in [0, 0.1) is 6.92 Å². The van der Waals surface area contributed by atoms with Gasteiger partial charge in [0.25, 0.3) is 11.5 Å². The molecular formula is C12H13N3O4. The normalized spacial score (nSPS) is 19.3. The molecule has 1 amide bonds. The van der Waals surface area contributed by atoms with Crippen LogP contribution in [0.2, 0.25) is 0 Å². The summed E-state index contributed by atoms with van der Waals surface area (Å²) in [6.45, 7) is 2.38.